The summed E-state index contributed by atoms with van der Waals surface area (Å²) in [6.45, 7) is 2.74. The highest BCUT2D eigenvalue weighted by Crippen LogP contribution is 2.43. The fourth-order valence-electron chi connectivity index (χ4n) is 4.69. The van der Waals surface area contributed by atoms with Gasteiger partial charge in [0, 0.05) is 23.8 Å². The molecule has 0 bridgehead atoms. The van der Waals surface area contributed by atoms with Crippen molar-refractivity contribution in [3.05, 3.63) is 75.2 Å². The summed E-state index contributed by atoms with van der Waals surface area (Å²) in [5.74, 6) is 1.34. The Balaban J connectivity index is 1.43. The number of nitrogens with one attached hydrogen (secondary N) is 1. The number of rotatable bonds is 9. The van der Waals surface area contributed by atoms with Gasteiger partial charge >= 0.3 is 0 Å². The number of carbonyl (C=O) groups is 1. The lowest BCUT2D eigenvalue weighted by atomic mass is 9.78. The number of hydrogen-bond acceptors (Lipinski definition) is 5. The van der Waals surface area contributed by atoms with Crippen LogP contribution in [-0.4, -0.2) is 31.7 Å². The van der Waals surface area contributed by atoms with Crippen molar-refractivity contribution in [3.8, 4) is 11.5 Å². The summed E-state index contributed by atoms with van der Waals surface area (Å²) < 4.78 is 10.9. The first kappa shape index (κ1) is 23.3. The first-order valence-corrected chi connectivity index (χ1v) is 12.5. The fraction of sp³-hybridized carbons (Fsp3) is 0.407. The maximum absolute atomic E-state index is 12.9. The molecule has 1 aliphatic carbocycles. The van der Waals surface area contributed by atoms with Crippen LogP contribution in [-0.2, 0) is 18.3 Å². The molecule has 0 aliphatic heterocycles. The van der Waals surface area contributed by atoms with Crippen molar-refractivity contribution in [1.29, 1.82) is 0 Å². The number of aryl methyl sites for hydroxylation is 1. The molecule has 0 saturated heterocycles. The lowest BCUT2D eigenvalue weighted by Crippen LogP contribution is -2.39. The Morgan fingerprint density at radius 3 is 2.39 bits per heavy atom. The van der Waals surface area contributed by atoms with Crippen molar-refractivity contribution >= 4 is 17.2 Å². The van der Waals surface area contributed by atoms with E-state index in [4.69, 9.17) is 9.47 Å². The Hall–Kier alpha value is -2.86. The predicted octanol–water partition coefficient (Wildman–Crippen LogP) is 5.56. The average Bonchev–Trinajstić information content (AvgIpc) is 3.53. The molecule has 6 heteroatoms. The van der Waals surface area contributed by atoms with Crippen LogP contribution in [0.3, 0.4) is 0 Å². The Morgan fingerprint density at radius 2 is 1.73 bits per heavy atom. The number of thiazole rings is 1. The molecule has 1 amide bonds. The van der Waals surface area contributed by atoms with E-state index in [9.17, 15) is 4.79 Å². The van der Waals surface area contributed by atoms with E-state index in [1.54, 1.807) is 25.6 Å². The van der Waals surface area contributed by atoms with Gasteiger partial charge in [0.2, 0.25) is 0 Å². The van der Waals surface area contributed by atoms with Gasteiger partial charge in [-0.3, -0.25) is 4.79 Å². The molecule has 1 saturated carbocycles. The molecule has 0 spiro atoms. The third-order valence-electron chi connectivity index (χ3n) is 6.71. The predicted molar refractivity (Wildman–Crippen MR) is 133 cm³/mol. The Labute approximate surface area is 200 Å². The van der Waals surface area contributed by atoms with E-state index in [-0.39, 0.29) is 11.3 Å². The van der Waals surface area contributed by atoms with E-state index >= 15 is 0 Å². The highest BCUT2D eigenvalue weighted by molar-refractivity contribution is 7.09. The van der Waals surface area contributed by atoms with Crippen LogP contribution in [0.4, 0.5) is 0 Å². The third kappa shape index (κ3) is 5.22. The zero-order chi connectivity index (χ0) is 23.3. The van der Waals surface area contributed by atoms with Crippen molar-refractivity contribution in [2.75, 3.05) is 20.8 Å². The van der Waals surface area contributed by atoms with Gasteiger partial charge in [-0.1, -0.05) is 50.1 Å². The number of amides is 1. The number of carbonyl (C=O) groups excluding carboxylic acids is 1. The van der Waals surface area contributed by atoms with Crippen LogP contribution in [0.5, 0.6) is 11.5 Å². The minimum atomic E-state index is -0.106. The van der Waals surface area contributed by atoms with Crippen molar-refractivity contribution < 1.29 is 14.3 Å². The van der Waals surface area contributed by atoms with Crippen molar-refractivity contribution in [2.24, 2.45) is 0 Å². The lowest BCUT2D eigenvalue weighted by molar-refractivity contribution is 0.0938. The number of hydrogen-bond donors (Lipinski definition) is 1. The van der Waals surface area contributed by atoms with E-state index in [1.165, 1.54) is 16.7 Å². The zero-order valence-electron chi connectivity index (χ0n) is 19.6. The summed E-state index contributed by atoms with van der Waals surface area (Å²) >= 11 is 1.54. The van der Waals surface area contributed by atoms with Gasteiger partial charge in [0.05, 0.1) is 19.2 Å². The number of aromatic nitrogens is 1. The van der Waals surface area contributed by atoms with Crippen LogP contribution in [0.25, 0.3) is 0 Å². The molecule has 0 unspecified atom stereocenters. The molecule has 1 aliphatic rings. The second kappa shape index (κ2) is 10.4. The number of nitrogens with zero attached hydrogens (tertiary/aromatic N) is 1. The maximum Gasteiger partial charge on any atom is 0.270 e. The van der Waals surface area contributed by atoms with E-state index in [0.29, 0.717) is 12.2 Å². The molecule has 33 heavy (non-hydrogen) atoms. The summed E-state index contributed by atoms with van der Waals surface area (Å²) in [5, 5.41) is 5.99. The van der Waals surface area contributed by atoms with Gasteiger partial charge in [0.25, 0.3) is 5.91 Å². The van der Waals surface area contributed by atoms with E-state index in [0.717, 1.165) is 55.0 Å². The average molecular weight is 465 g/mol. The summed E-state index contributed by atoms with van der Waals surface area (Å²) in [6.07, 6.45) is 6.17. The molecule has 1 N–H and O–H groups in total. The van der Waals surface area contributed by atoms with E-state index in [2.05, 4.69) is 53.6 Å². The van der Waals surface area contributed by atoms with Crippen LogP contribution in [0.1, 0.15) is 64.8 Å². The van der Waals surface area contributed by atoms with E-state index < -0.39 is 0 Å². The molecular formula is C27H32N2O3S. The largest absolute Gasteiger partial charge is 0.493 e. The lowest BCUT2D eigenvalue weighted by Gasteiger charge is -2.30. The number of ether oxygens (including phenoxy) is 2. The van der Waals surface area contributed by atoms with Gasteiger partial charge in [0.15, 0.2) is 11.5 Å². The number of benzene rings is 2. The zero-order valence-corrected chi connectivity index (χ0v) is 20.5. The van der Waals surface area contributed by atoms with Crippen LogP contribution in [0, 0.1) is 0 Å². The Morgan fingerprint density at radius 1 is 1.03 bits per heavy atom. The van der Waals surface area contributed by atoms with Crippen LogP contribution < -0.4 is 14.8 Å². The molecule has 5 nitrogen and oxygen atoms in total. The summed E-state index contributed by atoms with van der Waals surface area (Å²) in [4.78, 5) is 17.5. The van der Waals surface area contributed by atoms with E-state index in [1.807, 2.05) is 11.4 Å². The molecule has 1 fully saturated rings. The molecule has 3 aromatic rings. The molecule has 1 heterocycles. The van der Waals surface area contributed by atoms with Crippen molar-refractivity contribution in [3.63, 3.8) is 0 Å². The third-order valence-corrected chi connectivity index (χ3v) is 7.56. The van der Waals surface area contributed by atoms with Crippen molar-refractivity contribution in [2.45, 2.75) is 50.9 Å². The van der Waals surface area contributed by atoms with Crippen molar-refractivity contribution in [1.82, 2.24) is 10.3 Å². The minimum Gasteiger partial charge on any atom is -0.493 e. The van der Waals surface area contributed by atoms with Crippen LogP contribution in [0.15, 0.2) is 47.8 Å². The molecule has 174 valence electrons. The molecule has 0 radical (unpaired) electrons. The van der Waals surface area contributed by atoms with Gasteiger partial charge in [-0.15, -0.1) is 11.3 Å². The first-order valence-electron chi connectivity index (χ1n) is 11.6. The van der Waals surface area contributed by atoms with Crippen LogP contribution in [0.2, 0.25) is 0 Å². The minimum absolute atomic E-state index is 0.0882. The standard InChI is InChI=1S/C27H32N2O3S/c1-4-19-7-9-20(10-8-19)15-25-29-22(17-33-25)26(30)28-18-27(13-5-6-14-27)21-11-12-23(31-2)24(16-21)32-3/h7-12,16-17H,4-6,13-15,18H2,1-3H3,(H,28,30). The van der Waals surface area contributed by atoms with Gasteiger partial charge in [-0.25, -0.2) is 4.98 Å². The first-order chi connectivity index (χ1) is 16.1. The van der Waals surface area contributed by atoms with Crippen LogP contribution >= 0.6 is 11.3 Å². The van der Waals surface area contributed by atoms with Gasteiger partial charge in [0.1, 0.15) is 5.69 Å². The van der Waals surface area contributed by atoms with Gasteiger partial charge in [-0.2, -0.15) is 0 Å². The SMILES string of the molecule is CCc1ccc(Cc2nc(C(=O)NCC3(c4ccc(OC)c(OC)c4)CCCC3)cs2)cc1. The Kier molecular flexibility index (Phi) is 7.33. The number of methoxy groups -OCH3 is 2. The summed E-state index contributed by atoms with van der Waals surface area (Å²) in [5.41, 5.74) is 4.14. The quantitative estimate of drug-likeness (QED) is 0.451. The van der Waals surface area contributed by atoms with Gasteiger partial charge in [-0.05, 0) is 48.1 Å². The molecule has 4 rings (SSSR count). The summed E-state index contributed by atoms with van der Waals surface area (Å²) in [6, 6.07) is 14.7. The second-order valence-corrected chi connectivity index (χ2v) is 9.66. The topological polar surface area (TPSA) is 60.5 Å². The van der Waals surface area contributed by atoms with Gasteiger partial charge < -0.3 is 14.8 Å². The maximum atomic E-state index is 12.9. The molecule has 1 aromatic heterocycles. The monoisotopic (exact) mass is 464 g/mol. The highest BCUT2D eigenvalue weighted by atomic mass is 32.1. The normalized spacial score (nSPS) is 14.8. The smallest absolute Gasteiger partial charge is 0.270 e. The fourth-order valence-corrected chi connectivity index (χ4v) is 5.50. The molecule has 2 aromatic carbocycles. The molecule has 0 atom stereocenters. The summed E-state index contributed by atoms with van der Waals surface area (Å²) in [7, 11) is 3.30. The second-order valence-electron chi connectivity index (χ2n) is 8.71. The molecular weight excluding hydrogens is 432 g/mol. The Bertz CT molecular complexity index is 1090. The highest BCUT2D eigenvalue weighted by Gasteiger charge is 2.36.